The van der Waals surface area contributed by atoms with E-state index < -0.39 is 5.76 Å². The van der Waals surface area contributed by atoms with Gasteiger partial charge in [0.2, 0.25) is 0 Å². The van der Waals surface area contributed by atoms with Crippen molar-refractivity contribution in [3.8, 4) is 0 Å². The number of oxazole rings is 1. The number of nitrogens with zero attached hydrogens (tertiary/aromatic N) is 3. The Hall–Kier alpha value is -2.74. The third kappa shape index (κ3) is 3.45. The standard InChI is InChI=1S/C18H20FN5O2/c19-16-9-22-8-13-5-12(6-15(13)16)7-20-2-1-14-11-24(18(25)26-14)17-10-21-3-4-23-17/h4,8-12,20-21H,1-3,5-7H2. The number of nitrogens with one attached hydrogen (secondary N) is 2. The first-order valence-electron chi connectivity index (χ1n) is 8.70. The second-order valence-electron chi connectivity index (χ2n) is 6.54. The predicted octanol–water partition coefficient (Wildman–Crippen LogP) is 0.952. The first-order valence-corrected chi connectivity index (χ1v) is 8.70. The van der Waals surface area contributed by atoms with Gasteiger partial charge in [-0.25, -0.2) is 18.7 Å². The Morgan fingerprint density at radius 3 is 3.12 bits per heavy atom. The van der Waals surface area contributed by atoms with Gasteiger partial charge in [0, 0.05) is 38.1 Å². The van der Waals surface area contributed by atoms with Gasteiger partial charge in [0.1, 0.15) is 11.6 Å². The molecule has 2 N–H and O–H groups in total. The maximum Gasteiger partial charge on any atom is 0.425 e. The number of aromatic nitrogens is 2. The summed E-state index contributed by atoms with van der Waals surface area (Å²) in [5, 5.41) is 6.38. The Balaban J connectivity index is 1.27. The van der Waals surface area contributed by atoms with Crippen LogP contribution in [-0.2, 0) is 19.3 Å². The van der Waals surface area contributed by atoms with Gasteiger partial charge < -0.3 is 15.1 Å². The van der Waals surface area contributed by atoms with E-state index in [1.54, 1.807) is 24.8 Å². The molecule has 1 aliphatic carbocycles. The number of rotatable bonds is 6. The summed E-state index contributed by atoms with van der Waals surface area (Å²) in [5.41, 5.74) is 1.81. The lowest BCUT2D eigenvalue weighted by molar-refractivity contribution is 0.445. The largest absolute Gasteiger partial charge is 0.425 e. The van der Waals surface area contributed by atoms with Crippen molar-refractivity contribution < 1.29 is 8.81 Å². The third-order valence-corrected chi connectivity index (χ3v) is 4.68. The van der Waals surface area contributed by atoms with Crippen LogP contribution in [0.25, 0.3) is 5.82 Å². The van der Waals surface area contributed by atoms with Crippen LogP contribution in [0.15, 0.2) is 39.0 Å². The second-order valence-corrected chi connectivity index (χ2v) is 6.54. The third-order valence-electron chi connectivity index (χ3n) is 4.68. The topological polar surface area (TPSA) is 84.5 Å². The van der Waals surface area contributed by atoms with Crippen molar-refractivity contribution in [1.29, 1.82) is 0 Å². The molecule has 1 aliphatic heterocycles. The summed E-state index contributed by atoms with van der Waals surface area (Å²) >= 11 is 0. The Bertz CT molecular complexity index is 915. The van der Waals surface area contributed by atoms with Gasteiger partial charge in [-0.3, -0.25) is 4.98 Å². The summed E-state index contributed by atoms with van der Waals surface area (Å²) < 4.78 is 20.4. The summed E-state index contributed by atoms with van der Waals surface area (Å²) in [7, 11) is 0. The highest BCUT2D eigenvalue weighted by molar-refractivity contribution is 5.69. The molecule has 2 aromatic heterocycles. The zero-order chi connectivity index (χ0) is 17.9. The van der Waals surface area contributed by atoms with Crippen LogP contribution < -0.4 is 16.4 Å². The highest BCUT2D eigenvalue weighted by Crippen LogP contribution is 2.27. The molecular formula is C18H20FN5O2. The number of aliphatic imine (C=N–C) groups is 1. The molecule has 7 nitrogen and oxygen atoms in total. The van der Waals surface area contributed by atoms with Crippen LogP contribution in [0.1, 0.15) is 16.9 Å². The summed E-state index contributed by atoms with van der Waals surface area (Å²) in [4.78, 5) is 20.0. The molecule has 3 heterocycles. The molecule has 1 atom stereocenters. The van der Waals surface area contributed by atoms with Crippen LogP contribution in [0.5, 0.6) is 0 Å². The average Bonchev–Trinajstić information content (AvgIpc) is 3.23. The molecule has 0 aromatic carbocycles. The molecule has 0 amide bonds. The summed E-state index contributed by atoms with van der Waals surface area (Å²) in [6, 6.07) is 0. The van der Waals surface area contributed by atoms with Gasteiger partial charge in [-0.05, 0) is 36.4 Å². The molecular weight excluding hydrogens is 337 g/mol. The molecule has 0 radical (unpaired) electrons. The van der Waals surface area contributed by atoms with Gasteiger partial charge in [0.05, 0.1) is 12.4 Å². The molecule has 8 heteroatoms. The minimum Gasteiger partial charge on any atom is -0.413 e. The normalized spacial score (nSPS) is 18.5. The van der Waals surface area contributed by atoms with Gasteiger partial charge in [-0.15, -0.1) is 0 Å². The van der Waals surface area contributed by atoms with Crippen LogP contribution in [0, 0.1) is 11.7 Å². The molecule has 0 saturated carbocycles. The molecule has 2 aromatic rings. The van der Waals surface area contributed by atoms with Crippen LogP contribution in [-0.4, -0.2) is 35.4 Å². The molecule has 1 unspecified atom stereocenters. The lowest BCUT2D eigenvalue weighted by Gasteiger charge is -2.09. The van der Waals surface area contributed by atoms with E-state index in [2.05, 4.69) is 20.6 Å². The smallest absolute Gasteiger partial charge is 0.413 e. The van der Waals surface area contributed by atoms with Gasteiger partial charge >= 0.3 is 5.76 Å². The van der Waals surface area contributed by atoms with Gasteiger partial charge in [-0.1, -0.05) is 0 Å². The van der Waals surface area contributed by atoms with Crippen LogP contribution in [0.3, 0.4) is 0 Å². The van der Waals surface area contributed by atoms with Crippen molar-refractivity contribution in [3.63, 3.8) is 0 Å². The summed E-state index contributed by atoms with van der Waals surface area (Å²) in [6.07, 6.45) is 10.3. The molecule has 4 rings (SSSR count). The van der Waals surface area contributed by atoms with E-state index in [1.807, 2.05) is 0 Å². The molecule has 0 spiro atoms. The van der Waals surface area contributed by atoms with E-state index in [1.165, 1.54) is 10.8 Å². The quantitative estimate of drug-likeness (QED) is 0.752. The van der Waals surface area contributed by atoms with Crippen molar-refractivity contribution in [3.05, 3.63) is 58.0 Å². The van der Waals surface area contributed by atoms with Gasteiger partial charge in [-0.2, -0.15) is 0 Å². The molecule has 26 heavy (non-hydrogen) atoms. The molecule has 0 bridgehead atoms. The minimum atomic E-state index is -0.443. The number of pyridine rings is 1. The zero-order valence-corrected chi connectivity index (χ0v) is 14.2. The SMILES string of the molecule is O=c1oc(CCNCC2Cc3cncc(F)c3C2)cn1C1=CNCC=N1. The fraction of sp³-hybridized carbons (Fsp3) is 0.389. The van der Waals surface area contributed by atoms with Crippen molar-refractivity contribution in [1.82, 2.24) is 20.2 Å². The van der Waals surface area contributed by atoms with Crippen molar-refractivity contribution in [2.75, 3.05) is 19.6 Å². The van der Waals surface area contributed by atoms with E-state index >= 15 is 0 Å². The zero-order valence-electron chi connectivity index (χ0n) is 14.2. The summed E-state index contributed by atoms with van der Waals surface area (Å²) in [5.74, 6) is 0.842. The Morgan fingerprint density at radius 2 is 2.31 bits per heavy atom. The molecule has 2 aliphatic rings. The number of hydrogen-bond acceptors (Lipinski definition) is 6. The van der Waals surface area contributed by atoms with E-state index in [4.69, 9.17) is 4.42 Å². The monoisotopic (exact) mass is 357 g/mol. The molecule has 136 valence electrons. The molecule has 0 saturated heterocycles. The first kappa shape index (κ1) is 16.7. The highest BCUT2D eigenvalue weighted by atomic mass is 19.1. The fourth-order valence-corrected chi connectivity index (χ4v) is 3.41. The van der Waals surface area contributed by atoms with Crippen molar-refractivity contribution in [2.45, 2.75) is 19.3 Å². The van der Waals surface area contributed by atoms with Crippen LogP contribution >= 0.6 is 0 Å². The highest BCUT2D eigenvalue weighted by Gasteiger charge is 2.24. The van der Waals surface area contributed by atoms with E-state index in [0.29, 0.717) is 37.0 Å². The first-order chi connectivity index (χ1) is 12.7. The lowest BCUT2D eigenvalue weighted by atomic mass is 10.1. The van der Waals surface area contributed by atoms with E-state index in [-0.39, 0.29) is 5.82 Å². The van der Waals surface area contributed by atoms with Crippen LogP contribution in [0.2, 0.25) is 0 Å². The van der Waals surface area contributed by atoms with E-state index in [0.717, 1.165) is 30.5 Å². The molecule has 0 fully saturated rings. The maximum absolute atomic E-state index is 13.7. The lowest BCUT2D eigenvalue weighted by Crippen LogP contribution is -2.25. The van der Waals surface area contributed by atoms with Gasteiger partial charge in [0.25, 0.3) is 0 Å². The number of halogens is 1. The number of hydrogen-bond donors (Lipinski definition) is 2. The maximum atomic E-state index is 13.7. The summed E-state index contributed by atoms with van der Waals surface area (Å²) in [6.45, 7) is 2.12. The van der Waals surface area contributed by atoms with E-state index in [9.17, 15) is 9.18 Å². The Kier molecular flexibility index (Phi) is 4.66. The fourth-order valence-electron chi connectivity index (χ4n) is 3.41. The predicted molar refractivity (Wildman–Crippen MR) is 95.4 cm³/mol. The Morgan fingerprint density at radius 1 is 1.38 bits per heavy atom. The van der Waals surface area contributed by atoms with Gasteiger partial charge in [0.15, 0.2) is 5.82 Å². The van der Waals surface area contributed by atoms with Crippen molar-refractivity contribution >= 4 is 12.0 Å². The minimum absolute atomic E-state index is 0.206. The van der Waals surface area contributed by atoms with Crippen molar-refractivity contribution in [2.24, 2.45) is 10.9 Å². The average molecular weight is 357 g/mol. The second kappa shape index (κ2) is 7.25. The number of fused-ring (bicyclic) bond motifs is 1. The van der Waals surface area contributed by atoms with Crippen LogP contribution in [0.4, 0.5) is 4.39 Å². The Labute approximate surface area is 149 Å².